The summed E-state index contributed by atoms with van der Waals surface area (Å²) >= 11 is 1.65. The van der Waals surface area contributed by atoms with E-state index in [9.17, 15) is 0 Å². The molecule has 3 rings (SSSR count). The first-order chi connectivity index (χ1) is 12.6. The summed E-state index contributed by atoms with van der Waals surface area (Å²) in [5, 5.41) is 0.986. The molecule has 26 heavy (non-hydrogen) atoms. The Bertz CT molecular complexity index is 878. The van der Waals surface area contributed by atoms with Gasteiger partial charge in [0, 0.05) is 5.56 Å². The second-order valence-corrected chi connectivity index (χ2v) is 6.76. The van der Waals surface area contributed by atoms with Crippen LogP contribution in [0.4, 0.5) is 0 Å². The molecule has 6 heteroatoms. The third-order valence-corrected chi connectivity index (χ3v) is 5.04. The number of benzene rings is 2. The third-order valence-electron chi connectivity index (χ3n) is 4.02. The van der Waals surface area contributed by atoms with Crippen molar-refractivity contribution in [3.63, 3.8) is 0 Å². The molecule has 0 atom stereocenters. The van der Waals surface area contributed by atoms with Gasteiger partial charge in [0.2, 0.25) is 5.75 Å². The second kappa shape index (κ2) is 7.66. The summed E-state index contributed by atoms with van der Waals surface area (Å²) in [6, 6.07) is 11.8. The largest absolute Gasteiger partial charge is 0.497 e. The highest BCUT2D eigenvalue weighted by atomic mass is 32.1. The predicted octanol–water partition coefficient (Wildman–Crippen LogP) is 4.82. The maximum atomic E-state index is 5.48. The maximum absolute atomic E-state index is 5.48. The fourth-order valence-electron chi connectivity index (χ4n) is 2.78. The quantitative estimate of drug-likeness (QED) is 0.622. The lowest BCUT2D eigenvalue weighted by Crippen LogP contribution is -1.96. The van der Waals surface area contributed by atoms with E-state index in [4.69, 9.17) is 23.9 Å². The molecular formula is C20H21NO4S. The van der Waals surface area contributed by atoms with Gasteiger partial charge in [-0.05, 0) is 48.9 Å². The minimum absolute atomic E-state index is 0.566. The van der Waals surface area contributed by atoms with Crippen LogP contribution < -0.4 is 18.9 Å². The van der Waals surface area contributed by atoms with Crippen molar-refractivity contribution in [3.05, 3.63) is 41.4 Å². The molecule has 0 unspecified atom stereocenters. The molecule has 0 aliphatic rings. The average molecular weight is 371 g/mol. The van der Waals surface area contributed by atoms with Crippen LogP contribution in [0.5, 0.6) is 23.0 Å². The van der Waals surface area contributed by atoms with Gasteiger partial charge in [-0.3, -0.25) is 0 Å². The van der Waals surface area contributed by atoms with Crippen molar-refractivity contribution in [1.82, 2.24) is 4.98 Å². The summed E-state index contributed by atoms with van der Waals surface area (Å²) in [6.07, 6.45) is 0. The normalized spacial score (nSPS) is 10.5. The zero-order valence-electron chi connectivity index (χ0n) is 15.5. The predicted molar refractivity (Wildman–Crippen MR) is 104 cm³/mol. The van der Waals surface area contributed by atoms with Crippen molar-refractivity contribution in [1.29, 1.82) is 0 Å². The van der Waals surface area contributed by atoms with Crippen LogP contribution in [0.1, 0.15) is 5.01 Å². The summed E-state index contributed by atoms with van der Waals surface area (Å²) in [7, 11) is 6.47. The molecular weight excluding hydrogens is 350 g/mol. The zero-order valence-corrected chi connectivity index (χ0v) is 16.3. The van der Waals surface area contributed by atoms with Crippen LogP contribution in [0.15, 0.2) is 36.4 Å². The number of rotatable bonds is 6. The molecule has 1 aromatic heterocycles. The molecule has 1 heterocycles. The van der Waals surface area contributed by atoms with E-state index >= 15 is 0 Å². The van der Waals surface area contributed by atoms with Crippen LogP contribution in [-0.4, -0.2) is 33.4 Å². The number of nitrogens with zero attached hydrogens (tertiary/aromatic N) is 1. The first-order valence-corrected chi connectivity index (χ1v) is 8.85. The van der Waals surface area contributed by atoms with Crippen molar-refractivity contribution in [3.8, 4) is 44.7 Å². The molecule has 0 saturated carbocycles. The Morgan fingerprint density at radius 1 is 0.769 bits per heavy atom. The Morgan fingerprint density at radius 2 is 1.38 bits per heavy atom. The third kappa shape index (κ3) is 3.32. The molecule has 0 fully saturated rings. The molecule has 2 aromatic carbocycles. The topological polar surface area (TPSA) is 49.8 Å². The zero-order chi connectivity index (χ0) is 18.7. The van der Waals surface area contributed by atoms with Crippen molar-refractivity contribution in [2.24, 2.45) is 0 Å². The molecule has 0 aliphatic carbocycles. The smallest absolute Gasteiger partial charge is 0.203 e. The fraction of sp³-hybridized carbons (Fsp3) is 0.250. The monoisotopic (exact) mass is 371 g/mol. The number of aryl methyl sites for hydroxylation is 1. The van der Waals surface area contributed by atoms with Gasteiger partial charge >= 0.3 is 0 Å². The molecule has 0 amide bonds. The van der Waals surface area contributed by atoms with E-state index in [1.54, 1.807) is 39.8 Å². The van der Waals surface area contributed by atoms with Gasteiger partial charge < -0.3 is 18.9 Å². The van der Waals surface area contributed by atoms with E-state index in [0.717, 1.165) is 32.5 Å². The number of hydrogen-bond donors (Lipinski definition) is 0. The minimum Gasteiger partial charge on any atom is -0.497 e. The van der Waals surface area contributed by atoms with Gasteiger partial charge in [0.25, 0.3) is 0 Å². The van der Waals surface area contributed by atoms with Gasteiger partial charge in [-0.25, -0.2) is 4.98 Å². The maximum Gasteiger partial charge on any atom is 0.203 e. The number of methoxy groups -OCH3 is 4. The molecule has 3 aromatic rings. The summed E-state index contributed by atoms with van der Waals surface area (Å²) < 4.78 is 21.6. The highest BCUT2D eigenvalue weighted by Gasteiger charge is 2.19. The van der Waals surface area contributed by atoms with Crippen LogP contribution >= 0.6 is 11.3 Å². The van der Waals surface area contributed by atoms with Gasteiger partial charge in [0.15, 0.2) is 11.5 Å². The SMILES string of the molecule is COc1ccc(-c2sc(C)nc2-c2cc(OC)c(OC)c(OC)c2)cc1. The Hall–Kier alpha value is -2.73. The van der Waals surface area contributed by atoms with Crippen molar-refractivity contribution in [2.45, 2.75) is 6.92 Å². The molecule has 0 radical (unpaired) electrons. The van der Waals surface area contributed by atoms with Crippen LogP contribution in [0.25, 0.3) is 21.7 Å². The van der Waals surface area contributed by atoms with E-state index in [1.807, 2.05) is 43.3 Å². The highest BCUT2D eigenvalue weighted by molar-refractivity contribution is 7.15. The lowest BCUT2D eigenvalue weighted by Gasteiger charge is -2.14. The summed E-state index contributed by atoms with van der Waals surface area (Å²) in [5.41, 5.74) is 2.88. The number of hydrogen-bond acceptors (Lipinski definition) is 6. The average Bonchev–Trinajstić information content (AvgIpc) is 3.08. The van der Waals surface area contributed by atoms with Gasteiger partial charge in [-0.1, -0.05) is 0 Å². The Morgan fingerprint density at radius 3 is 1.88 bits per heavy atom. The molecule has 0 saturated heterocycles. The minimum atomic E-state index is 0.566. The van der Waals surface area contributed by atoms with Gasteiger partial charge in [0.05, 0.1) is 44.0 Å². The first kappa shape index (κ1) is 18.1. The standard InChI is InChI=1S/C20H21NO4S/c1-12-21-18(20(26-12)13-6-8-15(22-2)9-7-13)14-10-16(23-3)19(25-5)17(11-14)24-4/h6-11H,1-5H3. The molecule has 136 valence electrons. The van der Waals surface area contributed by atoms with E-state index in [-0.39, 0.29) is 0 Å². The second-order valence-electron chi connectivity index (χ2n) is 5.55. The Balaban J connectivity index is 2.15. The fourth-order valence-corrected chi connectivity index (χ4v) is 3.73. The number of ether oxygens (including phenoxy) is 4. The van der Waals surface area contributed by atoms with Crippen molar-refractivity contribution in [2.75, 3.05) is 28.4 Å². The van der Waals surface area contributed by atoms with E-state index in [1.165, 1.54) is 0 Å². The molecule has 0 spiro atoms. The highest BCUT2D eigenvalue weighted by Crippen LogP contribution is 2.44. The lowest BCUT2D eigenvalue weighted by atomic mass is 10.1. The number of thiazole rings is 1. The Labute approximate surface area is 157 Å². The van der Waals surface area contributed by atoms with Crippen LogP contribution in [0.3, 0.4) is 0 Å². The van der Waals surface area contributed by atoms with E-state index < -0.39 is 0 Å². The number of aromatic nitrogens is 1. The molecule has 0 N–H and O–H groups in total. The summed E-state index contributed by atoms with van der Waals surface area (Å²) in [6.45, 7) is 2.00. The Kier molecular flexibility index (Phi) is 5.32. The van der Waals surface area contributed by atoms with Crippen LogP contribution in [-0.2, 0) is 0 Å². The van der Waals surface area contributed by atoms with Gasteiger partial charge in [-0.15, -0.1) is 11.3 Å². The summed E-state index contributed by atoms with van der Waals surface area (Å²) in [5.74, 6) is 2.60. The first-order valence-electron chi connectivity index (χ1n) is 8.03. The van der Waals surface area contributed by atoms with Gasteiger partial charge in [-0.2, -0.15) is 0 Å². The molecule has 0 aliphatic heterocycles. The summed E-state index contributed by atoms with van der Waals surface area (Å²) in [4.78, 5) is 5.82. The van der Waals surface area contributed by atoms with Crippen molar-refractivity contribution >= 4 is 11.3 Å². The lowest BCUT2D eigenvalue weighted by molar-refractivity contribution is 0.324. The van der Waals surface area contributed by atoms with E-state index in [2.05, 4.69) is 0 Å². The molecule has 5 nitrogen and oxygen atoms in total. The van der Waals surface area contributed by atoms with Crippen LogP contribution in [0.2, 0.25) is 0 Å². The van der Waals surface area contributed by atoms with Crippen molar-refractivity contribution < 1.29 is 18.9 Å². The van der Waals surface area contributed by atoms with Crippen LogP contribution in [0, 0.1) is 6.92 Å². The van der Waals surface area contributed by atoms with Gasteiger partial charge in [0.1, 0.15) is 5.75 Å². The molecule has 0 bridgehead atoms. The van der Waals surface area contributed by atoms with E-state index in [0.29, 0.717) is 17.2 Å².